The Morgan fingerprint density at radius 2 is 1.87 bits per heavy atom. The smallest absolute Gasteiger partial charge is 0.290 e. The SMILES string of the molecule is Cc1ccc2oc3c(c(=O)c2c1)[C@@H](c1ccc(Br)cc1)N(CCCOC(C)C)C3=O. The number of rotatable bonds is 6. The Hall–Kier alpha value is -2.44. The molecule has 0 aliphatic carbocycles. The minimum Gasteiger partial charge on any atom is -0.450 e. The van der Waals surface area contributed by atoms with Crippen LogP contribution in [0.3, 0.4) is 0 Å². The number of hydrogen-bond acceptors (Lipinski definition) is 4. The summed E-state index contributed by atoms with van der Waals surface area (Å²) in [4.78, 5) is 28.5. The molecule has 1 aliphatic heterocycles. The molecule has 156 valence electrons. The molecule has 0 spiro atoms. The number of carbonyl (C=O) groups excluding carboxylic acids is 1. The lowest BCUT2D eigenvalue weighted by Gasteiger charge is -2.25. The largest absolute Gasteiger partial charge is 0.450 e. The van der Waals surface area contributed by atoms with E-state index in [1.54, 1.807) is 11.0 Å². The lowest BCUT2D eigenvalue weighted by molar-refractivity contribution is 0.0593. The van der Waals surface area contributed by atoms with Gasteiger partial charge in [0.25, 0.3) is 5.91 Å². The van der Waals surface area contributed by atoms with Gasteiger partial charge in [0.05, 0.1) is 23.1 Å². The fourth-order valence-electron chi connectivity index (χ4n) is 3.91. The molecule has 2 heterocycles. The third-order valence-electron chi connectivity index (χ3n) is 5.30. The number of amides is 1. The Labute approximate surface area is 183 Å². The number of fused-ring (bicyclic) bond motifs is 2. The first kappa shape index (κ1) is 20.8. The summed E-state index contributed by atoms with van der Waals surface area (Å²) in [6.07, 6.45) is 0.813. The first-order valence-electron chi connectivity index (χ1n) is 10.1. The summed E-state index contributed by atoms with van der Waals surface area (Å²) in [7, 11) is 0. The van der Waals surface area contributed by atoms with Crippen LogP contribution < -0.4 is 5.43 Å². The van der Waals surface area contributed by atoms with E-state index in [9.17, 15) is 9.59 Å². The fourth-order valence-corrected chi connectivity index (χ4v) is 4.17. The molecule has 0 saturated heterocycles. The molecule has 1 atom stereocenters. The predicted octanol–water partition coefficient (Wildman–Crippen LogP) is 5.22. The van der Waals surface area contributed by atoms with Crippen molar-refractivity contribution in [3.05, 3.63) is 79.6 Å². The first-order chi connectivity index (χ1) is 14.4. The van der Waals surface area contributed by atoms with Crippen molar-refractivity contribution in [3.8, 4) is 0 Å². The van der Waals surface area contributed by atoms with Crippen molar-refractivity contribution in [2.75, 3.05) is 13.2 Å². The highest BCUT2D eigenvalue weighted by Crippen LogP contribution is 2.38. The molecule has 5 nitrogen and oxygen atoms in total. The molecule has 1 aromatic heterocycles. The summed E-state index contributed by atoms with van der Waals surface area (Å²) < 4.78 is 12.6. The first-order valence-corrected chi connectivity index (χ1v) is 10.9. The standard InChI is InChI=1S/C24H24BrNO4/c1-14(2)29-12-4-11-26-21(16-6-8-17(25)9-7-16)20-22(27)18-13-15(3)5-10-19(18)30-23(20)24(26)28/h5-10,13-14,21H,4,11-12H2,1-3H3/t21-/m1/s1. The molecule has 0 saturated carbocycles. The predicted molar refractivity (Wildman–Crippen MR) is 120 cm³/mol. The molecule has 0 bridgehead atoms. The molecule has 4 rings (SSSR count). The molecule has 3 aromatic rings. The second-order valence-electron chi connectivity index (χ2n) is 7.90. The van der Waals surface area contributed by atoms with Crippen molar-refractivity contribution in [3.63, 3.8) is 0 Å². The van der Waals surface area contributed by atoms with E-state index in [2.05, 4.69) is 15.9 Å². The van der Waals surface area contributed by atoms with Crippen molar-refractivity contribution in [2.24, 2.45) is 0 Å². The fraction of sp³-hybridized carbons (Fsp3) is 0.333. The average molecular weight is 470 g/mol. The summed E-state index contributed by atoms with van der Waals surface area (Å²) in [6, 6.07) is 12.7. The van der Waals surface area contributed by atoms with Crippen LogP contribution in [0.5, 0.6) is 0 Å². The molecule has 30 heavy (non-hydrogen) atoms. The third-order valence-corrected chi connectivity index (χ3v) is 5.83. The Balaban J connectivity index is 1.81. The Bertz CT molecular complexity index is 1150. The van der Waals surface area contributed by atoms with E-state index in [1.165, 1.54) is 0 Å². The maximum atomic E-state index is 13.5. The molecular formula is C24H24BrNO4. The van der Waals surface area contributed by atoms with Crippen LogP contribution in [-0.4, -0.2) is 30.1 Å². The maximum absolute atomic E-state index is 13.5. The average Bonchev–Trinajstić information content (AvgIpc) is 2.99. The van der Waals surface area contributed by atoms with E-state index in [4.69, 9.17) is 9.15 Å². The van der Waals surface area contributed by atoms with Crippen LogP contribution in [0.15, 0.2) is 56.1 Å². The van der Waals surface area contributed by atoms with Crippen LogP contribution in [0.2, 0.25) is 0 Å². The molecule has 1 aliphatic rings. The number of benzene rings is 2. The number of nitrogens with zero attached hydrogens (tertiary/aromatic N) is 1. The van der Waals surface area contributed by atoms with Gasteiger partial charge in [0.15, 0.2) is 5.43 Å². The van der Waals surface area contributed by atoms with Gasteiger partial charge in [-0.15, -0.1) is 0 Å². The van der Waals surface area contributed by atoms with E-state index in [0.717, 1.165) is 15.6 Å². The minimum atomic E-state index is -0.471. The van der Waals surface area contributed by atoms with Crippen LogP contribution in [-0.2, 0) is 4.74 Å². The molecule has 0 radical (unpaired) electrons. The Morgan fingerprint density at radius 3 is 2.57 bits per heavy atom. The van der Waals surface area contributed by atoms with Crippen molar-refractivity contribution >= 4 is 32.8 Å². The van der Waals surface area contributed by atoms with Gasteiger partial charge in [-0.2, -0.15) is 0 Å². The molecule has 2 aromatic carbocycles. The second kappa shape index (κ2) is 8.36. The lowest BCUT2D eigenvalue weighted by Crippen LogP contribution is -2.31. The van der Waals surface area contributed by atoms with Gasteiger partial charge in [0.2, 0.25) is 5.76 Å². The van der Waals surface area contributed by atoms with Crippen LogP contribution in [0.1, 0.15) is 53.6 Å². The van der Waals surface area contributed by atoms with Gasteiger partial charge >= 0.3 is 0 Å². The Kier molecular flexibility index (Phi) is 5.80. The van der Waals surface area contributed by atoms with Gasteiger partial charge in [-0.25, -0.2) is 0 Å². The van der Waals surface area contributed by atoms with E-state index in [1.807, 2.05) is 57.2 Å². The normalized spacial score (nSPS) is 16.0. The summed E-state index contributed by atoms with van der Waals surface area (Å²) in [5.41, 5.74) is 2.58. The minimum absolute atomic E-state index is 0.135. The second-order valence-corrected chi connectivity index (χ2v) is 8.82. The summed E-state index contributed by atoms with van der Waals surface area (Å²) >= 11 is 3.46. The van der Waals surface area contributed by atoms with Crippen molar-refractivity contribution in [2.45, 2.75) is 39.3 Å². The van der Waals surface area contributed by atoms with E-state index < -0.39 is 6.04 Å². The van der Waals surface area contributed by atoms with E-state index in [-0.39, 0.29) is 23.2 Å². The van der Waals surface area contributed by atoms with Crippen LogP contribution in [0, 0.1) is 6.92 Å². The van der Waals surface area contributed by atoms with Gasteiger partial charge in [-0.05, 0) is 57.0 Å². The van der Waals surface area contributed by atoms with E-state index >= 15 is 0 Å². The topological polar surface area (TPSA) is 59.8 Å². The highest BCUT2D eigenvalue weighted by Gasteiger charge is 2.42. The zero-order chi connectivity index (χ0) is 21.4. The van der Waals surface area contributed by atoms with E-state index in [0.29, 0.717) is 36.1 Å². The highest BCUT2D eigenvalue weighted by molar-refractivity contribution is 9.10. The molecular weight excluding hydrogens is 446 g/mol. The quantitative estimate of drug-likeness (QED) is 0.464. The molecule has 0 fully saturated rings. The summed E-state index contributed by atoms with van der Waals surface area (Å²) in [5, 5.41) is 0.508. The number of hydrogen-bond donors (Lipinski definition) is 0. The molecule has 0 unspecified atom stereocenters. The van der Waals surface area contributed by atoms with Crippen molar-refractivity contribution < 1.29 is 13.9 Å². The maximum Gasteiger partial charge on any atom is 0.290 e. The molecule has 1 amide bonds. The number of ether oxygens (including phenoxy) is 1. The lowest BCUT2D eigenvalue weighted by atomic mass is 9.98. The monoisotopic (exact) mass is 469 g/mol. The van der Waals surface area contributed by atoms with Crippen LogP contribution in [0.4, 0.5) is 0 Å². The van der Waals surface area contributed by atoms with Crippen molar-refractivity contribution in [1.82, 2.24) is 4.90 Å². The summed E-state index contributed by atoms with van der Waals surface area (Å²) in [5.74, 6) is -0.101. The molecule has 6 heteroatoms. The van der Waals surface area contributed by atoms with Gasteiger partial charge in [0, 0.05) is 17.6 Å². The van der Waals surface area contributed by atoms with Gasteiger partial charge in [-0.1, -0.05) is 39.7 Å². The molecule has 0 N–H and O–H groups in total. The van der Waals surface area contributed by atoms with Crippen LogP contribution >= 0.6 is 15.9 Å². The van der Waals surface area contributed by atoms with Gasteiger partial charge < -0.3 is 14.1 Å². The number of halogens is 1. The van der Waals surface area contributed by atoms with Crippen LogP contribution in [0.25, 0.3) is 11.0 Å². The summed E-state index contributed by atoms with van der Waals surface area (Å²) in [6.45, 7) is 6.93. The zero-order valence-corrected chi connectivity index (χ0v) is 18.9. The highest BCUT2D eigenvalue weighted by atomic mass is 79.9. The zero-order valence-electron chi connectivity index (χ0n) is 17.3. The van der Waals surface area contributed by atoms with Gasteiger partial charge in [0.1, 0.15) is 5.58 Å². The van der Waals surface area contributed by atoms with Gasteiger partial charge in [-0.3, -0.25) is 9.59 Å². The number of carbonyl (C=O) groups is 1. The number of aryl methyl sites for hydroxylation is 1. The Morgan fingerprint density at radius 1 is 1.13 bits per heavy atom. The third kappa shape index (κ3) is 3.82. The van der Waals surface area contributed by atoms with Crippen molar-refractivity contribution in [1.29, 1.82) is 0 Å².